The van der Waals surface area contributed by atoms with Gasteiger partial charge in [-0.3, -0.25) is 13.9 Å². The molecule has 0 aliphatic rings. The highest BCUT2D eigenvalue weighted by Crippen LogP contribution is 2.27. The number of anilines is 1. The predicted molar refractivity (Wildman–Crippen MR) is 147 cm³/mol. The summed E-state index contributed by atoms with van der Waals surface area (Å²) in [6.07, 6.45) is 0.945. The normalized spacial score (nSPS) is 12.0. The van der Waals surface area contributed by atoms with Crippen LogP contribution in [0.2, 0.25) is 0 Å². The summed E-state index contributed by atoms with van der Waals surface area (Å²) in [6.45, 7) is 5.78. The quantitative estimate of drug-likeness (QED) is 0.388. The number of sulfonamides is 1. The third-order valence-corrected chi connectivity index (χ3v) is 7.99. The Bertz CT molecular complexity index is 1280. The molecule has 0 fully saturated rings. The van der Waals surface area contributed by atoms with E-state index in [1.807, 2.05) is 63.2 Å². The lowest BCUT2D eigenvalue weighted by Gasteiger charge is -2.33. The van der Waals surface area contributed by atoms with E-state index in [4.69, 9.17) is 0 Å². The maximum absolute atomic E-state index is 13.9. The van der Waals surface area contributed by atoms with Crippen molar-refractivity contribution in [3.8, 4) is 0 Å². The molecule has 0 aliphatic carbocycles. The first-order valence-electron chi connectivity index (χ1n) is 12.5. The predicted octanol–water partition coefficient (Wildman–Crippen LogP) is 4.18. The maximum atomic E-state index is 13.9. The second-order valence-corrected chi connectivity index (χ2v) is 10.6. The molecule has 3 rings (SSSR count). The summed E-state index contributed by atoms with van der Waals surface area (Å²) in [7, 11) is -4.05. The zero-order valence-corrected chi connectivity index (χ0v) is 22.4. The van der Waals surface area contributed by atoms with Gasteiger partial charge < -0.3 is 10.2 Å². The fourth-order valence-electron chi connectivity index (χ4n) is 4.26. The largest absolute Gasteiger partial charge is 0.355 e. The smallest absolute Gasteiger partial charge is 0.264 e. The van der Waals surface area contributed by atoms with E-state index in [1.54, 1.807) is 30.3 Å². The van der Waals surface area contributed by atoms with Gasteiger partial charge in [0.1, 0.15) is 12.6 Å². The minimum Gasteiger partial charge on any atom is -0.355 e. The fourth-order valence-corrected chi connectivity index (χ4v) is 5.76. The Labute approximate surface area is 220 Å². The number of carbonyl (C=O) groups is 2. The van der Waals surface area contributed by atoms with Crippen LogP contribution < -0.4 is 9.62 Å². The Hall–Kier alpha value is -3.65. The molecular formula is C29H35N3O4S. The van der Waals surface area contributed by atoms with Gasteiger partial charge in [0.15, 0.2) is 0 Å². The van der Waals surface area contributed by atoms with Crippen LogP contribution in [-0.2, 0) is 26.0 Å². The van der Waals surface area contributed by atoms with Crippen LogP contribution in [0.3, 0.4) is 0 Å². The lowest BCUT2D eigenvalue weighted by Crippen LogP contribution is -2.53. The van der Waals surface area contributed by atoms with Crippen LogP contribution >= 0.6 is 0 Å². The van der Waals surface area contributed by atoms with Gasteiger partial charge >= 0.3 is 0 Å². The van der Waals surface area contributed by atoms with E-state index in [-0.39, 0.29) is 17.3 Å². The van der Waals surface area contributed by atoms with Crippen molar-refractivity contribution in [3.63, 3.8) is 0 Å². The summed E-state index contributed by atoms with van der Waals surface area (Å²) in [5.74, 6) is -0.684. The molecule has 0 aliphatic heterocycles. The molecule has 0 unspecified atom stereocenters. The Balaban J connectivity index is 2.00. The molecule has 3 aromatic carbocycles. The molecule has 7 nitrogen and oxygen atoms in total. The SMILES string of the molecule is CCNC(=O)[C@@H](CC)N(CCc1ccccc1)C(=O)CN(c1ccccc1C)S(=O)(=O)c1ccccc1. The lowest BCUT2D eigenvalue weighted by atomic mass is 10.1. The van der Waals surface area contributed by atoms with Gasteiger partial charge in [-0.05, 0) is 56.0 Å². The topological polar surface area (TPSA) is 86.8 Å². The number of nitrogens with one attached hydrogen (secondary N) is 1. The van der Waals surface area contributed by atoms with Crippen LogP contribution in [0.4, 0.5) is 5.69 Å². The molecule has 37 heavy (non-hydrogen) atoms. The van der Waals surface area contributed by atoms with Gasteiger partial charge in [0.05, 0.1) is 10.6 Å². The molecule has 0 saturated carbocycles. The van der Waals surface area contributed by atoms with Crippen LogP contribution in [0.25, 0.3) is 0 Å². The number of nitrogens with zero attached hydrogens (tertiary/aromatic N) is 2. The number of rotatable bonds is 12. The third kappa shape index (κ3) is 6.98. The number of hydrogen-bond acceptors (Lipinski definition) is 4. The molecule has 1 N–H and O–H groups in total. The van der Waals surface area contributed by atoms with Gasteiger partial charge in [-0.25, -0.2) is 8.42 Å². The average Bonchev–Trinajstić information content (AvgIpc) is 2.91. The third-order valence-electron chi connectivity index (χ3n) is 6.22. The second-order valence-electron chi connectivity index (χ2n) is 8.75. The molecule has 0 radical (unpaired) electrons. The van der Waals surface area contributed by atoms with Gasteiger partial charge in [0, 0.05) is 13.1 Å². The number of carbonyl (C=O) groups excluding carboxylic acids is 2. The van der Waals surface area contributed by atoms with E-state index < -0.39 is 28.5 Å². The van der Waals surface area contributed by atoms with E-state index in [0.29, 0.717) is 25.1 Å². The average molecular weight is 522 g/mol. The molecule has 0 heterocycles. The number of aryl methyl sites for hydroxylation is 1. The van der Waals surface area contributed by atoms with Crippen LogP contribution in [0.5, 0.6) is 0 Å². The van der Waals surface area contributed by atoms with Crippen LogP contribution in [-0.4, -0.2) is 50.8 Å². The highest BCUT2D eigenvalue weighted by atomic mass is 32.2. The summed E-state index contributed by atoms with van der Waals surface area (Å²) in [6, 6.07) is 24.1. The summed E-state index contributed by atoms with van der Waals surface area (Å²) in [5, 5.41) is 2.82. The van der Waals surface area contributed by atoms with Crippen molar-refractivity contribution in [1.82, 2.24) is 10.2 Å². The number of amides is 2. The lowest BCUT2D eigenvalue weighted by molar-refractivity contribution is -0.139. The Kier molecular flexibility index (Phi) is 9.85. The van der Waals surface area contributed by atoms with Crippen LogP contribution in [0, 0.1) is 6.92 Å². The molecule has 8 heteroatoms. The van der Waals surface area contributed by atoms with Crippen molar-refractivity contribution < 1.29 is 18.0 Å². The minimum absolute atomic E-state index is 0.0951. The van der Waals surface area contributed by atoms with Gasteiger partial charge in [-0.15, -0.1) is 0 Å². The Morgan fingerprint density at radius 2 is 1.46 bits per heavy atom. The molecule has 1 atom stereocenters. The summed E-state index contributed by atoms with van der Waals surface area (Å²) >= 11 is 0. The first-order chi connectivity index (χ1) is 17.8. The first kappa shape index (κ1) is 27.9. The van der Waals surface area contributed by atoms with Crippen molar-refractivity contribution in [2.45, 2.75) is 44.6 Å². The zero-order valence-electron chi connectivity index (χ0n) is 21.6. The van der Waals surface area contributed by atoms with E-state index >= 15 is 0 Å². The first-order valence-corrected chi connectivity index (χ1v) is 14.0. The monoisotopic (exact) mass is 521 g/mol. The number of hydrogen-bond donors (Lipinski definition) is 1. The van der Waals surface area contributed by atoms with Gasteiger partial charge in [0.2, 0.25) is 11.8 Å². The van der Waals surface area contributed by atoms with Crippen molar-refractivity contribution in [3.05, 3.63) is 96.1 Å². The Morgan fingerprint density at radius 3 is 2.05 bits per heavy atom. The minimum atomic E-state index is -4.05. The summed E-state index contributed by atoms with van der Waals surface area (Å²) in [5.41, 5.74) is 2.17. The van der Waals surface area contributed by atoms with E-state index in [0.717, 1.165) is 15.4 Å². The van der Waals surface area contributed by atoms with Crippen molar-refractivity contribution >= 4 is 27.5 Å². The van der Waals surface area contributed by atoms with Crippen LogP contribution in [0.15, 0.2) is 89.8 Å². The highest BCUT2D eigenvalue weighted by molar-refractivity contribution is 7.92. The number of para-hydroxylation sites is 1. The van der Waals surface area contributed by atoms with Gasteiger partial charge in [0.25, 0.3) is 10.0 Å². The maximum Gasteiger partial charge on any atom is 0.264 e. The highest BCUT2D eigenvalue weighted by Gasteiger charge is 2.33. The fraction of sp³-hybridized carbons (Fsp3) is 0.310. The molecule has 196 valence electrons. The van der Waals surface area contributed by atoms with Crippen molar-refractivity contribution in [1.29, 1.82) is 0 Å². The van der Waals surface area contributed by atoms with Crippen molar-refractivity contribution in [2.24, 2.45) is 0 Å². The zero-order chi connectivity index (χ0) is 26.8. The van der Waals surface area contributed by atoms with E-state index in [1.165, 1.54) is 17.0 Å². The van der Waals surface area contributed by atoms with E-state index in [2.05, 4.69) is 5.32 Å². The Morgan fingerprint density at radius 1 is 0.865 bits per heavy atom. The molecule has 0 spiro atoms. The molecular weight excluding hydrogens is 486 g/mol. The number of likely N-dealkylation sites (N-methyl/N-ethyl adjacent to an activating group) is 1. The van der Waals surface area contributed by atoms with E-state index in [9.17, 15) is 18.0 Å². The second kappa shape index (κ2) is 13.1. The summed E-state index contributed by atoms with van der Waals surface area (Å²) in [4.78, 5) is 28.4. The van der Waals surface area contributed by atoms with Gasteiger partial charge in [-0.1, -0.05) is 73.7 Å². The molecule has 3 aromatic rings. The standard InChI is InChI=1S/C29H35N3O4S/c1-4-26(29(34)30-5-2)31(21-20-24-15-8-6-9-16-24)28(33)22-32(27-19-13-12-14-23(27)3)37(35,36)25-17-10-7-11-18-25/h6-19,26H,4-5,20-22H2,1-3H3,(H,30,34)/t26-/m1/s1. The molecule has 0 aromatic heterocycles. The summed E-state index contributed by atoms with van der Waals surface area (Å²) < 4.78 is 28.7. The van der Waals surface area contributed by atoms with Gasteiger partial charge in [-0.2, -0.15) is 0 Å². The molecule has 2 amide bonds. The van der Waals surface area contributed by atoms with Crippen molar-refractivity contribution in [2.75, 3.05) is 23.9 Å². The number of benzene rings is 3. The van der Waals surface area contributed by atoms with Crippen LogP contribution in [0.1, 0.15) is 31.4 Å². The molecule has 0 bridgehead atoms. The molecule has 0 saturated heterocycles.